The Labute approximate surface area is 217 Å². The molecule has 10 heteroatoms. The lowest BCUT2D eigenvalue weighted by molar-refractivity contribution is 0.169. The first-order valence-electron chi connectivity index (χ1n) is 11.8. The summed E-state index contributed by atoms with van der Waals surface area (Å²) in [5, 5.41) is -0.152. The lowest BCUT2D eigenvalue weighted by Crippen LogP contribution is -2.25. The van der Waals surface area contributed by atoms with Gasteiger partial charge in [0.25, 0.3) is 5.56 Å². The number of aryl methyl sites for hydroxylation is 2. The average Bonchev–Trinajstić information content (AvgIpc) is 3.63. The topological polar surface area (TPSA) is 82.8 Å². The van der Waals surface area contributed by atoms with E-state index in [-0.39, 0.29) is 22.4 Å². The van der Waals surface area contributed by atoms with Crippen LogP contribution in [-0.2, 0) is 5.60 Å². The number of hydrogen-bond acceptors (Lipinski definition) is 6. The summed E-state index contributed by atoms with van der Waals surface area (Å²) in [7, 11) is 0. The molecule has 0 N–H and O–H groups in total. The molecule has 190 valence electrons. The largest absolute Gasteiger partial charge is 0.479 e. The van der Waals surface area contributed by atoms with E-state index in [1.165, 1.54) is 4.57 Å². The van der Waals surface area contributed by atoms with Gasteiger partial charge in [0, 0.05) is 36.1 Å². The van der Waals surface area contributed by atoms with Gasteiger partial charge in [-0.15, -0.1) is 0 Å². The normalized spacial score (nSPS) is 14.2. The minimum Gasteiger partial charge on any atom is -0.479 e. The van der Waals surface area contributed by atoms with Crippen LogP contribution < -0.4 is 10.3 Å². The highest BCUT2D eigenvalue weighted by Gasteiger charge is 2.51. The van der Waals surface area contributed by atoms with Gasteiger partial charge in [-0.2, -0.15) is 0 Å². The zero-order valence-electron chi connectivity index (χ0n) is 20.7. The maximum Gasteiger partial charge on any atom is 0.277 e. The Kier molecular flexibility index (Phi) is 6.27. The number of halogens is 3. The summed E-state index contributed by atoms with van der Waals surface area (Å²) in [6, 6.07) is 5.95. The van der Waals surface area contributed by atoms with Crippen LogP contribution in [0.5, 0.6) is 5.75 Å². The highest BCUT2D eigenvalue weighted by molar-refractivity contribution is 6.31. The summed E-state index contributed by atoms with van der Waals surface area (Å²) in [4.78, 5) is 30.8. The molecular weight excluding hydrogens is 500 g/mol. The van der Waals surface area contributed by atoms with Crippen LogP contribution in [0, 0.1) is 25.5 Å². The SMILES string of the molecule is Cc1cnc(-c2ccnc(C(C)C)n2)cc1-n1c(C)cc(OC2(c3ncc(F)cc3F)CC2)c(Cl)c1=O. The summed E-state index contributed by atoms with van der Waals surface area (Å²) >= 11 is 6.50. The van der Waals surface area contributed by atoms with Gasteiger partial charge in [-0.3, -0.25) is 19.3 Å². The molecule has 0 bridgehead atoms. The molecule has 0 spiro atoms. The van der Waals surface area contributed by atoms with E-state index < -0.39 is 22.8 Å². The summed E-state index contributed by atoms with van der Waals surface area (Å²) in [5.74, 6) is -0.616. The van der Waals surface area contributed by atoms with Crippen molar-refractivity contribution < 1.29 is 13.5 Å². The van der Waals surface area contributed by atoms with Gasteiger partial charge in [-0.05, 0) is 44.4 Å². The van der Waals surface area contributed by atoms with Crippen molar-refractivity contribution in [1.29, 1.82) is 0 Å². The number of nitrogens with zero attached hydrogens (tertiary/aromatic N) is 5. The molecule has 0 aliphatic heterocycles. The molecule has 4 heterocycles. The van der Waals surface area contributed by atoms with E-state index in [1.807, 2.05) is 20.8 Å². The Morgan fingerprint density at radius 1 is 1.05 bits per heavy atom. The quantitative estimate of drug-likeness (QED) is 0.316. The van der Waals surface area contributed by atoms with Crippen molar-refractivity contribution >= 4 is 11.6 Å². The summed E-state index contributed by atoms with van der Waals surface area (Å²) in [6.45, 7) is 7.61. The van der Waals surface area contributed by atoms with Crippen LogP contribution in [0.25, 0.3) is 17.1 Å². The molecule has 1 saturated carbocycles. The highest BCUT2D eigenvalue weighted by atomic mass is 35.5. The number of pyridine rings is 3. The van der Waals surface area contributed by atoms with E-state index in [4.69, 9.17) is 16.3 Å². The zero-order chi connectivity index (χ0) is 26.5. The number of hydrogen-bond donors (Lipinski definition) is 0. The van der Waals surface area contributed by atoms with Gasteiger partial charge in [-0.25, -0.2) is 18.7 Å². The molecule has 0 radical (unpaired) electrons. The zero-order valence-corrected chi connectivity index (χ0v) is 21.5. The highest BCUT2D eigenvalue weighted by Crippen LogP contribution is 2.50. The Balaban J connectivity index is 1.55. The van der Waals surface area contributed by atoms with Crippen LogP contribution in [0.3, 0.4) is 0 Å². The molecular formula is C27H24ClF2N5O2. The van der Waals surface area contributed by atoms with Gasteiger partial charge in [0.15, 0.2) is 11.4 Å². The molecule has 0 saturated heterocycles. The molecule has 1 aliphatic carbocycles. The van der Waals surface area contributed by atoms with Crippen molar-refractivity contribution in [3.05, 3.63) is 92.6 Å². The third kappa shape index (κ3) is 4.59. The Hall–Kier alpha value is -3.72. The lowest BCUT2D eigenvalue weighted by Gasteiger charge is -2.21. The van der Waals surface area contributed by atoms with Crippen LogP contribution in [0.15, 0.2) is 47.7 Å². The lowest BCUT2D eigenvalue weighted by atomic mass is 10.1. The van der Waals surface area contributed by atoms with Gasteiger partial charge < -0.3 is 4.74 Å². The molecule has 0 atom stereocenters. The Morgan fingerprint density at radius 3 is 2.49 bits per heavy atom. The fourth-order valence-electron chi connectivity index (χ4n) is 4.20. The molecule has 1 aliphatic rings. The van der Waals surface area contributed by atoms with Gasteiger partial charge in [0.05, 0.1) is 23.3 Å². The Bertz CT molecular complexity index is 1580. The predicted molar refractivity (Wildman–Crippen MR) is 135 cm³/mol. The van der Waals surface area contributed by atoms with Crippen molar-refractivity contribution in [1.82, 2.24) is 24.5 Å². The van der Waals surface area contributed by atoms with Gasteiger partial charge in [0.2, 0.25) is 0 Å². The second-order valence-electron chi connectivity index (χ2n) is 9.50. The molecule has 0 aromatic carbocycles. The van der Waals surface area contributed by atoms with Crippen molar-refractivity contribution in [2.75, 3.05) is 0 Å². The van der Waals surface area contributed by atoms with E-state index >= 15 is 0 Å². The molecule has 4 aromatic rings. The summed E-state index contributed by atoms with van der Waals surface area (Å²) in [6.07, 6.45) is 5.23. The van der Waals surface area contributed by atoms with E-state index in [1.54, 1.807) is 37.5 Å². The first-order chi connectivity index (χ1) is 17.6. The predicted octanol–water partition coefficient (Wildman–Crippen LogP) is 5.82. The average molecular weight is 524 g/mol. The van der Waals surface area contributed by atoms with E-state index in [0.29, 0.717) is 41.4 Å². The van der Waals surface area contributed by atoms with Gasteiger partial charge in [-0.1, -0.05) is 25.4 Å². The van der Waals surface area contributed by atoms with Crippen LogP contribution in [-0.4, -0.2) is 24.5 Å². The minimum absolute atomic E-state index is 0.00737. The van der Waals surface area contributed by atoms with Gasteiger partial charge in [0.1, 0.15) is 28.1 Å². The molecule has 5 rings (SSSR count). The fourth-order valence-corrected chi connectivity index (χ4v) is 4.38. The van der Waals surface area contributed by atoms with E-state index in [0.717, 1.165) is 17.8 Å². The smallest absolute Gasteiger partial charge is 0.277 e. The van der Waals surface area contributed by atoms with Crippen LogP contribution in [0.4, 0.5) is 8.78 Å². The van der Waals surface area contributed by atoms with Gasteiger partial charge >= 0.3 is 0 Å². The number of rotatable bonds is 6. The summed E-state index contributed by atoms with van der Waals surface area (Å²) in [5.41, 5.74) is 1.54. The number of aromatic nitrogens is 5. The molecule has 0 unspecified atom stereocenters. The van der Waals surface area contributed by atoms with Crippen LogP contribution in [0.2, 0.25) is 5.02 Å². The van der Waals surface area contributed by atoms with Crippen LogP contribution >= 0.6 is 11.6 Å². The molecule has 4 aromatic heterocycles. The van der Waals surface area contributed by atoms with Crippen molar-refractivity contribution in [3.63, 3.8) is 0 Å². The minimum atomic E-state index is -1.09. The van der Waals surface area contributed by atoms with Crippen molar-refractivity contribution in [2.45, 2.75) is 52.1 Å². The van der Waals surface area contributed by atoms with Crippen molar-refractivity contribution in [3.8, 4) is 22.8 Å². The van der Waals surface area contributed by atoms with E-state index in [9.17, 15) is 13.6 Å². The third-order valence-corrected chi connectivity index (χ3v) is 6.67. The second-order valence-corrected chi connectivity index (χ2v) is 9.87. The maximum atomic E-state index is 14.4. The molecule has 7 nitrogen and oxygen atoms in total. The fraction of sp³-hybridized carbons (Fsp3) is 0.296. The first-order valence-corrected chi connectivity index (χ1v) is 12.2. The first kappa shape index (κ1) is 25.0. The summed E-state index contributed by atoms with van der Waals surface area (Å²) < 4.78 is 35.3. The maximum absolute atomic E-state index is 14.4. The third-order valence-electron chi connectivity index (χ3n) is 6.32. The second kappa shape index (κ2) is 9.30. The van der Waals surface area contributed by atoms with Crippen LogP contribution in [0.1, 0.15) is 55.4 Å². The standard InChI is InChI=1S/C27H24ClF2N5O2/c1-14(2)25-31-8-5-19(34-25)20-11-21(15(3)12-32-20)35-16(4)9-22(23(28)26(35)36)37-27(6-7-27)24-18(30)10-17(29)13-33-24/h5,8-14H,6-7H2,1-4H3. The van der Waals surface area contributed by atoms with E-state index in [2.05, 4.69) is 19.9 Å². The van der Waals surface area contributed by atoms with Crippen molar-refractivity contribution in [2.24, 2.45) is 0 Å². The molecule has 0 amide bonds. The Morgan fingerprint density at radius 2 is 1.81 bits per heavy atom. The molecule has 1 fully saturated rings. The monoisotopic (exact) mass is 523 g/mol. The number of ether oxygens (including phenoxy) is 1. The molecule has 37 heavy (non-hydrogen) atoms.